The van der Waals surface area contributed by atoms with E-state index >= 15 is 0 Å². The highest BCUT2D eigenvalue weighted by molar-refractivity contribution is 5.93. The van der Waals surface area contributed by atoms with E-state index in [1.165, 1.54) is 0 Å². The summed E-state index contributed by atoms with van der Waals surface area (Å²) in [4.78, 5) is 13.7. The van der Waals surface area contributed by atoms with Crippen LogP contribution in [0.15, 0.2) is 12.3 Å². The molecule has 0 aliphatic heterocycles. The normalized spacial score (nSPS) is 10.4. The maximum atomic E-state index is 12.1. The van der Waals surface area contributed by atoms with E-state index in [4.69, 9.17) is 10.8 Å². The summed E-state index contributed by atoms with van der Waals surface area (Å²) in [7, 11) is 0. The van der Waals surface area contributed by atoms with Crippen molar-refractivity contribution in [2.24, 2.45) is 0 Å². The highest BCUT2D eigenvalue weighted by atomic mass is 19.3. The zero-order valence-electron chi connectivity index (χ0n) is 6.37. The number of halogens is 2. The lowest BCUT2D eigenvalue weighted by atomic mass is 10.2. The second-order valence-corrected chi connectivity index (χ2v) is 2.26. The van der Waals surface area contributed by atoms with Crippen molar-refractivity contribution in [2.45, 2.75) is 6.43 Å². The van der Waals surface area contributed by atoms with Gasteiger partial charge in [-0.3, -0.25) is 4.98 Å². The fourth-order valence-corrected chi connectivity index (χ4v) is 0.850. The molecule has 13 heavy (non-hydrogen) atoms. The molecular weight excluding hydrogens is 182 g/mol. The Hall–Kier alpha value is -1.72. The Morgan fingerprint density at radius 1 is 1.62 bits per heavy atom. The summed E-state index contributed by atoms with van der Waals surface area (Å²) in [6, 6.07) is 1.07. The molecule has 0 bridgehead atoms. The topological polar surface area (TPSA) is 76.2 Å². The average Bonchev–Trinajstić information content (AvgIpc) is 2.03. The Morgan fingerprint density at radius 2 is 2.23 bits per heavy atom. The number of hydrogen-bond donors (Lipinski definition) is 2. The lowest BCUT2D eigenvalue weighted by molar-refractivity contribution is 0.0697. The molecular formula is C7H6F2N2O2. The molecule has 0 saturated heterocycles. The number of carboxylic acid groups (broad SMARTS) is 1. The first-order valence-electron chi connectivity index (χ1n) is 3.30. The van der Waals surface area contributed by atoms with E-state index in [-0.39, 0.29) is 5.56 Å². The number of nitrogens with zero attached hydrogens (tertiary/aromatic N) is 1. The number of nitrogens with two attached hydrogens (primary N) is 1. The maximum Gasteiger partial charge on any atom is 0.337 e. The first-order chi connectivity index (χ1) is 6.04. The van der Waals surface area contributed by atoms with E-state index in [0.29, 0.717) is 0 Å². The fraction of sp³-hybridized carbons (Fsp3) is 0.143. The number of alkyl halides is 2. The molecule has 0 aliphatic rings. The number of pyridine rings is 1. The number of carboxylic acids is 1. The second kappa shape index (κ2) is 3.34. The van der Waals surface area contributed by atoms with Gasteiger partial charge in [-0.1, -0.05) is 0 Å². The molecule has 70 valence electrons. The van der Waals surface area contributed by atoms with E-state index in [1.54, 1.807) is 0 Å². The lowest BCUT2D eigenvalue weighted by Crippen LogP contribution is -2.07. The zero-order valence-corrected chi connectivity index (χ0v) is 6.37. The van der Waals surface area contributed by atoms with Crippen molar-refractivity contribution in [3.8, 4) is 0 Å². The van der Waals surface area contributed by atoms with E-state index in [0.717, 1.165) is 12.3 Å². The predicted molar refractivity (Wildman–Crippen MR) is 40.6 cm³/mol. The number of anilines is 1. The first-order valence-corrected chi connectivity index (χ1v) is 3.30. The summed E-state index contributed by atoms with van der Waals surface area (Å²) in [5.74, 6) is -1.35. The number of rotatable bonds is 2. The van der Waals surface area contributed by atoms with Crippen LogP contribution >= 0.6 is 0 Å². The molecule has 0 spiro atoms. The molecule has 0 radical (unpaired) electrons. The van der Waals surface area contributed by atoms with Crippen molar-refractivity contribution >= 4 is 11.7 Å². The minimum absolute atomic E-state index is 0.356. The molecule has 1 aromatic rings. The molecule has 1 aromatic heterocycles. The SMILES string of the molecule is Nc1c(C(=O)O)ccnc1C(F)F. The highest BCUT2D eigenvalue weighted by Gasteiger charge is 2.18. The Morgan fingerprint density at radius 3 is 2.69 bits per heavy atom. The van der Waals surface area contributed by atoms with Crippen LogP contribution in [-0.4, -0.2) is 16.1 Å². The quantitative estimate of drug-likeness (QED) is 0.733. The smallest absolute Gasteiger partial charge is 0.337 e. The number of aromatic carboxylic acids is 1. The largest absolute Gasteiger partial charge is 0.478 e. The highest BCUT2D eigenvalue weighted by Crippen LogP contribution is 2.24. The van der Waals surface area contributed by atoms with Crippen molar-refractivity contribution < 1.29 is 18.7 Å². The molecule has 6 heteroatoms. The third-order valence-electron chi connectivity index (χ3n) is 1.46. The number of carbonyl (C=O) groups is 1. The van der Waals surface area contributed by atoms with E-state index in [1.807, 2.05) is 0 Å². The van der Waals surface area contributed by atoms with E-state index < -0.39 is 23.8 Å². The van der Waals surface area contributed by atoms with Gasteiger partial charge < -0.3 is 10.8 Å². The molecule has 0 aromatic carbocycles. The van der Waals surface area contributed by atoms with Gasteiger partial charge in [0.2, 0.25) is 0 Å². The van der Waals surface area contributed by atoms with Crippen molar-refractivity contribution in [1.82, 2.24) is 4.98 Å². The van der Waals surface area contributed by atoms with Crippen LogP contribution in [0, 0.1) is 0 Å². The first kappa shape index (κ1) is 9.37. The van der Waals surface area contributed by atoms with Crippen molar-refractivity contribution in [2.75, 3.05) is 5.73 Å². The van der Waals surface area contributed by atoms with Gasteiger partial charge >= 0.3 is 5.97 Å². The van der Waals surface area contributed by atoms with E-state index in [9.17, 15) is 13.6 Å². The summed E-state index contributed by atoms with van der Waals surface area (Å²) in [6.45, 7) is 0. The van der Waals surface area contributed by atoms with Crippen molar-refractivity contribution in [3.63, 3.8) is 0 Å². The lowest BCUT2D eigenvalue weighted by Gasteiger charge is -2.05. The zero-order chi connectivity index (χ0) is 10.0. The number of aromatic nitrogens is 1. The summed E-state index contributed by atoms with van der Waals surface area (Å²) in [6.07, 6.45) is -1.87. The van der Waals surface area contributed by atoms with Crippen LogP contribution in [0.25, 0.3) is 0 Å². The van der Waals surface area contributed by atoms with Crippen LogP contribution in [-0.2, 0) is 0 Å². The van der Waals surface area contributed by atoms with Crippen LogP contribution in [0.5, 0.6) is 0 Å². The minimum Gasteiger partial charge on any atom is -0.478 e. The molecule has 0 atom stereocenters. The van der Waals surface area contributed by atoms with Gasteiger partial charge in [-0.25, -0.2) is 13.6 Å². The van der Waals surface area contributed by atoms with Gasteiger partial charge in [-0.2, -0.15) is 0 Å². The fourth-order valence-electron chi connectivity index (χ4n) is 0.850. The van der Waals surface area contributed by atoms with E-state index in [2.05, 4.69) is 4.98 Å². The third-order valence-corrected chi connectivity index (χ3v) is 1.46. The molecule has 3 N–H and O–H groups in total. The Kier molecular flexibility index (Phi) is 2.41. The van der Waals surface area contributed by atoms with Gasteiger partial charge in [-0.05, 0) is 6.07 Å². The van der Waals surface area contributed by atoms with Crippen LogP contribution < -0.4 is 5.73 Å². The van der Waals surface area contributed by atoms with Gasteiger partial charge in [0.05, 0.1) is 11.3 Å². The third kappa shape index (κ3) is 1.71. The minimum atomic E-state index is -2.86. The van der Waals surface area contributed by atoms with Gasteiger partial charge in [0.15, 0.2) is 0 Å². The van der Waals surface area contributed by atoms with Crippen LogP contribution in [0.1, 0.15) is 22.5 Å². The summed E-state index contributed by atoms with van der Waals surface area (Å²) in [5, 5.41) is 8.52. The van der Waals surface area contributed by atoms with Gasteiger partial charge in [0.1, 0.15) is 5.69 Å². The molecule has 0 fully saturated rings. The Labute approximate surface area is 72.0 Å². The average molecular weight is 188 g/mol. The van der Waals surface area contributed by atoms with Crippen LogP contribution in [0.2, 0.25) is 0 Å². The van der Waals surface area contributed by atoms with Gasteiger partial charge in [0.25, 0.3) is 6.43 Å². The standard InChI is InChI=1S/C7H6F2N2O2/c8-6(9)5-4(10)3(7(12)13)1-2-11-5/h1-2,6H,10H2,(H,12,13). The molecule has 0 aliphatic carbocycles. The predicted octanol–water partition coefficient (Wildman–Crippen LogP) is 1.30. The number of nitrogen functional groups attached to an aromatic ring is 1. The van der Waals surface area contributed by atoms with Crippen molar-refractivity contribution in [1.29, 1.82) is 0 Å². The molecule has 1 heterocycles. The molecule has 0 unspecified atom stereocenters. The Bertz CT molecular complexity index is 341. The second-order valence-electron chi connectivity index (χ2n) is 2.26. The van der Waals surface area contributed by atoms with Crippen LogP contribution in [0.4, 0.5) is 14.5 Å². The number of hydrogen-bond acceptors (Lipinski definition) is 3. The monoisotopic (exact) mass is 188 g/mol. The van der Waals surface area contributed by atoms with Gasteiger partial charge in [0, 0.05) is 6.20 Å². The molecule has 4 nitrogen and oxygen atoms in total. The molecule has 1 rings (SSSR count). The van der Waals surface area contributed by atoms with Gasteiger partial charge in [-0.15, -0.1) is 0 Å². The summed E-state index contributed by atoms with van der Waals surface area (Å²) in [5.41, 5.74) is 3.63. The summed E-state index contributed by atoms with van der Waals surface area (Å²) >= 11 is 0. The Balaban J connectivity index is 3.26. The van der Waals surface area contributed by atoms with Crippen LogP contribution in [0.3, 0.4) is 0 Å². The summed E-state index contributed by atoms with van der Waals surface area (Å²) < 4.78 is 24.3. The van der Waals surface area contributed by atoms with Crippen molar-refractivity contribution in [3.05, 3.63) is 23.5 Å². The molecule has 0 amide bonds. The molecule has 0 saturated carbocycles. The maximum absolute atomic E-state index is 12.1.